The summed E-state index contributed by atoms with van der Waals surface area (Å²) in [5.41, 5.74) is 6.67. The minimum absolute atomic E-state index is 0.543. The number of rotatable bonds is 2. The molecule has 112 valence electrons. The molecule has 1 aromatic heterocycles. The van der Waals surface area contributed by atoms with Crippen LogP contribution in [0.5, 0.6) is 0 Å². The Balaban J connectivity index is 2.34. The van der Waals surface area contributed by atoms with Crippen LogP contribution in [0.3, 0.4) is 0 Å². The molecular formula is C21H24N+. The molecule has 0 N–H and O–H groups in total. The van der Waals surface area contributed by atoms with Gasteiger partial charge in [-0.1, -0.05) is 43.7 Å². The van der Waals surface area contributed by atoms with Crippen LogP contribution < -0.4 is 4.57 Å². The molecule has 0 spiro atoms. The summed E-state index contributed by atoms with van der Waals surface area (Å²) < 4.78 is 2.24. The van der Waals surface area contributed by atoms with E-state index in [1.165, 1.54) is 38.7 Å². The van der Waals surface area contributed by atoms with Gasteiger partial charge in [0.05, 0.1) is 5.39 Å². The van der Waals surface area contributed by atoms with Gasteiger partial charge in [-0.3, -0.25) is 0 Å². The molecule has 0 aliphatic rings. The minimum atomic E-state index is 0.543. The number of aryl methyl sites for hydroxylation is 3. The van der Waals surface area contributed by atoms with Crippen LogP contribution in [0.2, 0.25) is 0 Å². The highest BCUT2D eigenvalue weighted by Crippen LogP contribution is 2.30. The molecule has 2 aromatic carbocycles. The molecule has 22 heavy (non-hydrogen) atoms. The number of nitrogens with zero attached hydrogens (tertiary/aromatic N) is 1. The van der Waals surface area contributed by atoms with Crippen LogP contribution in [0, 0.1) is 13.8 Å². The van der Waals surface area contributed by atoms with E-state index in [1.807, 2.05) is 0 Å². The van der Waals surface area contributed by atoms with Crippen LogP contribution in [0.4, 0.5) is 0 Å². The minimum Gasteiger partial charge on any atom is -0.200 e. The Morgan fingerprint density at radius 3 is 2.41 bits per heavy atom. The number of hydrogen-bond acceptors (Lipinski definition) is 0. The smallest absolute Gasteiger partial charge is 0.200 e. The van der Waals surface area contributed by atoms with Crippen LogP contribution >= 0.6 is 0 Å². The second-order valence-electron chi connectivity index (χ2n) is 6.60. The molecule has 0 aliphatic heterocycles. The molecule has 0 amide bonds. The lowest BCUT2D eigenvalue weighted by Crippen LogP contribution is -2.30. The average Bonchev–Trinajstić information content (AvgIpc) is 2.48. The van der Waals surface area contributed by atoms with Crippen molar-refractivity contribution in [1.29, 1.82) is 0 Å². The highest BCUT2D eigenvalue weighted by Gasteiger charge is 2.18. The van der Waals surface area contributed by atoms with Gasteiger partial charge in [0.25, 0.3) is 0 Å². The Bertz CT molecular complexity index is 844. The van der Waals surface area contributed by atoms with E-state index >= 15 is 0 Å². The molecule has 1 heteroatoms. The molecular weight excluding hydrogens is 266 g/mol. The van der Waals surface area contributed by atoms with Crippen molar-refractivity contribution in [2.24, 2.45) is 7.05 Å². The quantitative estimate of drug-likeness (QED) is 0.580. The first-order chi connectivity index (χ1) is 10.5. The molecule has 0 aliphatic carbocycles. The zero-order chi connectivity index (χ0) is 15.9. The summed E-state index contributed by atoms with van der Waals surface area (Å²) in [6, 6.07) is 15.8. The van der Waals surface area contributed by atoms with Gasteiger partial charge in [-0.2, -0.15) is 0 Å². The molecule has 1 heterocycles. The van der Waals surface area contributed by atoms with E-state index in [-0.39, 0.29) is 0 Å². The standard InChI is InChI=1S/C21H24N/c1-14(2)17-8-7-16(4)20(13-17)21-19-9-6-15(3)12-18(19)10-11-22(21)5/h6-14H,1-5H3/q+1. The second-order valence-corrected chi connectivity index (χ2v) is 6.60. The van der Waals surface area contributed by atoms with E-state index in [4.69, 9.17) is 0 Å². The predicted octanol–water partition coefficient (Wildman–Crippen LogP) is 5.07. The lowest BCUT2D eigenvalue weighted by Gasteiger charge is -2.12. The van der Waals surface area contributed by atoms with Crippen LogP contribution in [0.1, 0.15) is 36.5 Å². The van der Waals surface area contributed by atoms with Gasteiger partial charge in [0.15, 0.2) is 6.20 Å². The summed E-state index contributed by atoms with van der Waals surface area (Å²) in [5, 5.41) is 2.63. The molecule has 1 nitrogen and oxygen atoms in total. The summed E-state index contributed by atoms with van der Waals surface area (Å²) >= 11 is 0. The van der Waals surface area contributed by atoms with Gasteiger partial charge in [-0.25, -0.2) is 4.57 Å². The Morgan fingerprint density at radius 1 is 0.909 bits per heavy atom. The largest absolute Gasteiger partial charge is 0.220 e. The fourth-order valence-electron chi connectivity index (χ4n) is 3.08. The zero-order valence-electron chi connectivity index (χ0n) is 14.1. The molecule has 0 fully saturated rings. The van der Waals surface area contributed by atoms with Crippen LogP contribution in [-0.2, 0) is 7.05 Å². The average molecular weight is 290 g/mol. The summed E-state index contributed by atoms with van der Waals surface area (Å²) in [5.74, 6) is 0.543. The van der Waals surface area contributed by atoms with Crippen LogP contribution in [0.25, 0.3) is 22.0 Å². The van der Waals surface area contributed by atoms with Crippen molar-refractivity contribution in [3.63, 3.8) is 0 Å². The summed E-state index contributed by atoms with van der Waals surface area (Å²) in [6.07, 6.45) is 2.17. The summed E-state index contributed by atoms with van der Waals surface area (Å²) in [7, 11) is 2.14. The lowest BCUT2D eigenvalue weighted by molar-refractivity contribution is -0.659. The van der Waals surface area contributed by atoms with Gasteiger partial charge in [0, 0.05) is 11.6 Å². The molecule has 0 radical (unpaired) electrons. The fourth-order valence-corrected chi connectivity index (χ4v) is 3.08. The van der Waals surface area contributed by atoms with Crippen molar-refractivity contribution in [2.45, 2.75) is 33.6 Å². The number of fused-ring (bicyclic) bond motifs is 1. The third-order valence-corrected chi connectivity index (χ3v) is 4.48. The molecule has 0 saturated heterocycles. The predicted molar refractivity (Wildman–Crippen MR) is 94.1 cm³/mol. The van der Waals surface area contributed by atoms with Gasteiger partial charge in [0.1, 0.15) is 7.05 Å². The van der Waals surface area contributed by atoms with Gasteiger partial charge < -0.3 is 0 Å². The number of pyridine rings is 1. The Hall–Kier alpha value is -2.15. The van der Waals surface area contributed by atoms with E-state index in [0.717, 1.165) is 0 Å². The molecule has 0 saturated carbocycles. The third-order valence-electron chi connectivity index (χ3n) is 4.48. The monoisotopic (exact) mass is 290 g/mol. The molecule has 0 unspecified atom stereocenters. The van der Waals surface area contributed by atoms with E-state index in [2.05, 4.69) is 88.0 Å². The maximum atomic E-state index is 2.36. The van der Waals surface area contributed by atoms with Gasteiger partial charge in [-0.15, -0.1) is 0 Å². The van der Waals surface area contributed by atoms with E-state index < -0.39 is 0 Å². The Morgan fingerprint density at radius 2 is 1.68 bits per heavy atom. The fraction of sp³-hybridized carbons (Fsp3) is 0.286. The Kier molecular flexibility index (Phi) is 3.74. The number of benzene rings is 2. The first kappa shape index (κ1) is 14.8. The molecule has 0 atom stereocenters. The van der Waals surface area contributed by atoms with Gasteiger partial charge >= 0.3 is 0 Å². The van der Waals surface area contributed by atoms with E-state index in [1.54, 1.807) is 0 Å². The zero-order valence-corrected chi connectivity index (χ0v) is 14.1. The third kappa shape index (κ3) is 2.52. The Labute approximate surface area is 133 Å². The van der Waals surface area contributed by atoms with E-state index in [0.29, 0.717) is 5.92 Å². The second kappa shape index (κ2) is 5.57. The van der Waals surface area contributed by atoms with Crippen molar-refractivity contribution in [3.8, 4) is 11.3 Å². The summed E-state index contributed by atoms with van der Waals surface area (Å²) in [6.45, 7) is 8.85. The van der Waals surface area contributed by atoms with Gasteiger partial charge in [0.2, 0.25) is 5.69 Å². The normalized spacial score (nSPS) is 11.4. The maximum Gasteiger partial charge on any atom is 0.220 e. The highest BCUT2D eigenvalue weighted by molar-refractivity contribution is 5.94. The van der Waals surface area contributed by atoms with Crippen molar-refractivity contribution in [2.75, 3.05) is 0 Å². The first-order valence-corrected chi connectivity index (χ1v) is 7.97. The number of hydrogen-bond donors (Lipinski definition) is 0. The van der Waals surface area contributed by atoms with Crippen molar-refractivity contribution < 1.29 is 4.57 Å². The van der Waals surface area contributed by atoms with E-state index in [9.17, 15) is 0 Å². The van der Waals surface area contributed by atoms with Crippen molar-refractivity contribution >= 4 is 10.8 Å². The van der Waals surface area contributed by atoms with Crippen LogP contribution in [-0.4, -0.2) is 0 Å². The highest BCUT2D eigenvalue weighted by atomic mass is 14.9. The molecule has 0 bridgehead atoms. The lowest BCUT2D eigenvalue weighted by atomic mass is 9.93. The number of aromatic nitrogens is 1. The topological polar surface area (TPSA) is 3.88 Å². The summed E-state index contributed by atoms with van der Waals surface area (Å²) in [4.78, 5) is 0. The first-order valence-electron chi connectivity index (χ1n) is 7.97. The molecule has 3 rings (SSSR count). The van der Waals surface area contributed by atoms with Crippen molar-refractivity contribution in [3.05, 3.63) is 65.4 Å². The SMILES string of the molecule is Cc1ccc2c(-c3cc(C(C)C)ccc3C)[n+](C)ccc2c1. The van der Waals surface area contributed by atoms with Gasteiger partial charge in [-0.05, 0) is 48.4 Å². The maximum absolute atomic E-state index is 2.36. The molecule has 3 aromatic rings. The van der Waals surface area contributed by atoms with Crippen molar-refractivity contribution in [1.82, 2.24) is 0 Å². The van der Waals surface area contributed by atoms with Crippen LogP contribution in [0.15, 0.2) is 48.7 Å².